The van der Waals surface area contributed by atoms with Gasteiger partial charge in [-0.3, -0.25) is 4.90 Å². The number of likely N-dealkylation sites (tertiary alicyclic amines) is 1. The van der Waals surface area contributed by atoms with Gasteiger partial charge in [0.25, 0.3) is 0 Å². The van der Waals surface area contributed by atoms with Crippen LogP contribution < -0.4 is 5.32 Å². The predicted molar refractivity (Wildman–Crippen MR) is 97.4 cm³/mol. The van der Waals surface area contributed by atoms with E-state index in [0.717, 1.165) is 38.0 Å². The number of hydrogen-bond donors (Lipinski definition) is 2. The average Bonchev–Trinajstić information content (AvgIpc) is 2.56. The summed E-state index contributed by atoms with van der Waals surface area (Å²) in [6, 6.07) is 5.91. The summed E-state index contributed by atoms with van der Waals surface area (Å²) in [6.45, 7) is 2.71. The Morgan fingerprint density at radius 3 is 2.40 bits per heavy atom. The van der Waals surface area contributed by atoms with Crippen molar-refractivity contribution in [2.75, 3.05) is 18.4 Å². The standard InChI is InChI=1S/C17H18Cl2N4O2/c18-12-5-11(6-13(19)7-12)10-23-3-1-14(2-4-23)22-16-9-20-15(8-21-16)17(24)25/h5-9,14H,1-4,10H2,(H,21,22)(H,24,25). The maximum Gasteiger partial charge on any atom is 0.356 e. The van der Waals surface area contributed by atoms with E-state index >= 15 is 0 Å². The highest BCUT2D eigenvalue weighted by molar-refractivity contribution is 6.34. The number of rotatable bonds is 5. The number of piperidine rings is 1. The zero-order chi connectivity index (χ0) is 17.8. The monoisotopic (exact) mass is 380 g/mol. The van der Waals surface area contributed by atoms with E-state index in [1.54, 1.807) is 6.07 Å². The number of nitrogens with zero attached hydrogens (tertiary/aromatic N) is 3. The molecule has 0 bridgehead atoms. The lowest BCUT2D eigenvalue weighted by Gasteiger charge is -2.32. The third-order valence-electron chi connectivity index (χ3n) is 4.14. The predicted octanol–water partition coefficient (Wildman–Crippen LogP) is 3.56. The number of carbonyl (C=O) groups is 1. The number of carboxylic acids is 1. The molecular weight excluding hydrogens is 363 g/mol. The molecule has 8 heteroatoms. The highest BCUT2D eigenvalue weighted by atomic mass is 35.5. The van der Waals surface area contributed by atoms with Crippen LogP contribution in [0.3, 0.4) is 0 Å². The van der Waals surface area contributed by atoms with Crippen LogP contribution in [-0.4, -0.2) is 45.1 Å². The van der Waals surface area contributed by atoms with Crippen molar-refractivity contribution in [1.82, 2.24) is 14.9 Å². The van der Waals surface area contributed by atoms with Gasteiger partial charge < -0.3 is 10.4 Å². The first-order chi connectivity index (χ1) is 12.0. The zero-order valence-corrected chi connectivity index (χ0v) is 15.0. The Balaban J connectivity index is 1.50. The van der Waals surface area contributed by atoms with Crippen molar-refractivity contribution in [3.8, 4) is 0 Å². The Morgan fingerprint density at radius 1 is 1.16 bits per heavy atom. The van der Waals surface area contributed by atoms with Crippen LogP contribution >= 0.6 is 23.2 Å². The minimum absolute atomic E-state index is 0.0550. The minimum Gasteiger partial charge on any atom is -0.476 e. The van der Waals surface area contributed by atoms with E-state index in [1.165, 1.54) is 12.4 Å². The van der Waals surface area contributed by atoms with Gasteiger partial charge in [0.15, 0.2) is 5.69 Å². The van der Waals surface area contributed by atoms with Gasteiger partial charge in [-0.15, -0.1) is 0 Å². The van der Waals surface area contributed by atoms with Crippen molar-refractivity contribution in [3.63, 3.8) is 0 Å². The van der Waals surface area contributed by atoms with Crippen LogP contribution in [0.4, 0.5) is 5.82 Å². The smallest absolute Gasteiger partial charge is 0.356 e. The van der Waals surface area contributed by atoms with Crippen molar-refractivity contribution in [1.29, 1.82) is 0 Å². The SMILES string of the molecule is O=C(O)c1cnc(NC2CCN(Cc3cc(Cl)cc(Cl)c3)CC2)cn1. The molecule has 1 aliphatic heterocycles. The quantitative estimate of drug-likeness (QED) is 0.825. The van der Waals surface area contributed by atoms with E-state index in [9.17, 15) is 4.79 Å². The molecule has 2 N–H and O–H groups in total. The number of hydrogen-bond acceptors (Lipinski definition) is 5. The maximum atomic E-state index is 10.8. The lowest BCUT2D eigenvalue weighted by Crippen LogP contribution is -2.38. The fourth-order valence-electron chi connectivity index (χ4n) is 2.92. The molecule has 0 saturated carbocycles. The molecule has 3 rings (SSSR count). The van der Waals surface area contributed by atoms with E-state index in [2.05, 4.69) is 20.2 Å². The zero-order valence-electron chi connectivity index (χ0n) is 13.5. The van der Waals surface area contributed by atoms with E-state index in [0.29, 0.717) is 21.9 Å². The van der Waals surface area contributed by atoms with Crippen molar-refractivity contribution < 1.29 is 9.90 Å². The fraction of sp³-hybridized carbons (Fsp3) is 0.353. The third-order valence-corrected chi connectivity index (χ3v) is 4.58. The molecule has 0 aliphatic carbocycles. The van der Waals surface area contributed by atoms with Crippen LogP contribution in [0, 0.1) is 0 Å². The lowest BCUT2D eigenvalue weighted by molar-refractivity contribution is 0.0690. The summed E-state index contributed by atoms with van der Waals surface area (Å²) < 4.78 is 0. The Kier molecular flexibility index (Phi) is 5.73. The van der Waals surface area contributed by atoms with E-state index in [4.69, 9.17) is 28.3 Å². The summed E-state index contributed by atoms with van der Waals surface area (Å²) >= 11 is 12.1. The molecule has 2 aromatic rings. The number of anilines is 1. The van der Waals surface area contributed by atoms with Crippen LogP contribution in [0.1, 0.15) is 28.9 Å². The van der Waals surface area contributed by atoms with Crippen molar-refractivity contribution in [3.05, 3.63) is 51.9 Å². The van der Waals surface area contributed by atoms with E-state index < -0.39 is 5.97 Å². The number of halogens is 2. The molecule has 2 heterocycles. The highest BCUT2D eigenvalue weighted by Crippen LogP contribution is 2.22. The van der Waals surface area contributed by atoms with E-state index in [-0.39, 0.29) is 5.69 Å². The molecule has 0 atom stereocenters. The lowest BCUT2D eigenvalue weighted by atomic mass is 10.0. The molecule has 1 fully saturated rings. The highest BCUT2D eigenvalue weighted by Gasteiger charge is 2.20. The molecule has 1 aliphatic rings. The normalized spacial score (nSPS) is 15.9. The van der Waals surface area contributed by atoms with Gasteiger partial charge >= 0.3 is 5.97 Å². The molecule has 25 heavy (non-hydrogen) atoms. The molecule has 0 unspecified atom stereocenters. The van der Waals surface area contributed by atoms with Crippen LogP contribution in [0.5, 0.6) is 0 Å². The summed E-state index contributed by atoms with van der Waals surface area (Å²) in [4.78, 5) is 21.1. The molecule has 0 spiro atoms. The molecule has 1 aromatic carbocycles. The molecule has 1 saturated heterocycles. The van der Waals surface area contributed by atoms with Gasteiger partial charge in [-0.05, 0) is 36.6 Å². The largest absolute Gasteiger partial charge is 0.476 e. The summed E-state index contributed by atoms with van der Waals surface area (Å²) in [6.07, 6.45) is 4.67. The summed E-state index contributed by atoms with van der Waals surface area (Å²) in [7, 11) is 0. The minimum atomic E-state index is -1.08. The van der Waals surface area contributed by atoms with Crippen LogP contribution in [0.2, 0.25) is 10.0 Å². The topological polar surface area (TPSA) is 78.3 Å². The second-order valence-corrected chi connectivity index (χ2v) is 6.94. The second-order valence-electron chi connectivity index (χ2n) is 6.06. The summed E-state index contributed by atoms with van der Waals surface area (Å²) in [5, 5.41) is 13.5. The summed E-state index contributed by atoms with van der Waals surface area (Å²) in [5.41, 5.74) is 1.06. The summed E-state index contributed by atoms with van der Waals surface area (Å²) in [5.74, 6) is -0.474. The van der Waals surface area contributed by atoms with Gasteiger partial charge in [-0.25, -0.2) is 14.8 Å². The van der Waals surface area contributed by atoms with Gasteiger partial charge in [-0.2, -0.15) is 0 Å². The number of aromatic carboxylic acids is 1. The number of carboxylic acid groups (broad SMARTS) is 1. The third kappa shape index (κ3) is 5.04. The molecule has 1 aromatic heterocycles. The Morgan fingerprint density at radius 2 is 1.84 bits per heavy atom. The van der Waals surface area contributed by atoms with Crippen LogP contribution in [-0.2, 0) is 6.54 Å². The first kappa shape index (κ1) is 17.9. The average molecular weight is 381 g/mol. The number of benzene rings is 1. The van der Waals surface area contributed by atoms with Crippen LogP contribution in [0.15, 0.2) is 30.6 Å². The maximum absolute atomic E-state index is 10.8. The van der Waals surface area contributed by atoms with Gasteiger partial charge in [0, 0.05) is 35.7 Å². The number of nitrogens with one attached hydrogen (secondary N) is 1. The number of aromatic nitrogens is 2. The molecule has 0 amide bonds. The van der Waals surface area contributed by atoms with Crippen LogP contribution in [0.25, 0.3) is 0 Å². The van der Waals surface area contributed by atoms with Gasteiger partial charge in [-0.1, -0.05) is 23.2 Å². The Bertz CT molecular complexity index is 727. The van der Waals surface area contributed by atoms with Gasteiger partial charge in [0.05, 0.1) is 12.4 Å². The first-order valence-corrected chi connectivity index (χ1v) is 8.74. The van der Waals surface area contributed by atoms with Gasteiger partial charge in [0.1, 0.15) is 5.82 Å². The van der Waals surface area contributed by atoms with Crippen molar-refractivity contribution in [2.24, 2.45) is 0 Å². The fourth-order valence-corrected chi connectivity index (χ4v) is 3.49. The molecule has 6 nitrogen and oxygen atoms in total. The van der Waals surface area contributed by atoms with Crippen molar-refractivity contribution in [2.45, 2.75) is 25.4 Å². The molecule has 0 radical (unpaired) electrons. The Labute approximate surface area is 155 Å². The van der Waals surface area contributed by atoms with E-state index in [1.807, 2.05) is 12.1 Å². The molecular formula is C17H18Cl2N4O2. The Hall–Kier alpha value is -1.89. The second kappa shape index (κ2) is 7.99. The van der Waals surface area contributed by atoms with Crippen molar-refractivity contribution >= 4 is 35.0 Å². The van der Waals surface area contributed by atoms with Gasteiger partial charge in [0.2, 0.25) is 0 Å². The molecule has 132 valence electrons. The first-order valence-electron chi connectivity index (χ1n) is 7.99.